The molecule has 0 unspecified atom stereocenters. The SMILES string of the molecule is Fc1ccc(C(F)F)c(-c2cc3ccc(Br)cn3n2)c1. The molecule has 0 atom stereocenters. The molecule has 3 aromatic rings. The normalized spacial score (nSPS) is 11.4. The van der Waals surface area contributed by atoms with Crippen LogP contribution >= 0.6 is 15.9 Å². The first kappa shape index (κ1) is 13.2. The van der Waals surface area contributed by atoms with Crippen LogP contribution in [0.4, 0.5) is 13.2 Å². The predicted octanol–water partition coefficient (Wildman–Crippen LogP) is 4.84. The Balaban J connectivity index is 2.22. The van der Waals surface area contributed by atoms with Gasteiger partial charge >= 0.3 is 0 Å². The van der Waals surface area contributed by atoms with Crippen LogP contribution in [0.5, 0.6) is 0 Å². The van der Waals surface area contributed by atoms with E-state index >= 15 is 0 Å². The summed E-state index contributed by atoms with van der Waals surface area (Å²) in [6.45, 7) is 0. The third-order valence-electron chi connectivity index (χ3n) is 2.95. The highest BCUT2D eigenvalue weighted by Gasteiger charge is 2.17. The van der Waals surface area contributed by atoms with E-state index in [1.807, 2.05) is 6.07 Å². The standard InChI is InChI=1S/C14H8BrF3N2/c15-8-1-3-10-6-13(19-20(10)7-8)12-5-9(16)2-4-11(12)14(17)18/h1-7,14H. The van der Waals surface area contributed by atoms with Gasteiger partial charge in [0, 0.05) is 21.8 Å². The van der Waals surface area contributed by atoms with Crippen molar-refractivity contribution >= 4 is 21.4 Å². The van der Waals surface area contributed by atoms with Crippen molar-refractivity contribution < 1.29 is 13.2 Å². The number of rotatable bonds is 2. The van der Waals surface area contributed by atoms with E-state index < -0.39 is 12.2 Å². The lowest BCUT2D eigenvalue weighted by Crippen LogP contribution is -1.93. The molecular weight excluding hydrogens is 333 g/mol. The molecule has 0 amide bonds. The molecule has 0 saturated carbocycles. The molecule has 2 heterocycles. The van der Waals surface area contributed by atoms with Gasteiger partial charge in [-0.1, -0.05) is 0 Å². The maximum absolute atomic E-state index is 13.3. The van der Waals surface area contributed by atoms with Gasteiger partial charge in [-0.2, -0.15) is 5.10 Å². The molecule has 0 N–H and O–H groups in total. The molecular formula is C14H8BrF3N2. The van der Waals surface area contributed by atoms with E-state index in [2.05, 4.69) is 21.0 Å². The van der Waals surface area contributed by atoms with E-state index in [0.29, 0.717) is 5.69 Å². The topological polar surface area (TPSA) is 17.3 Å². The molecule has 6 heteroatoms. The van der Waals surface area contributed by atoms with Gasteiger partial charge in [-0.25, -0.2) is 17.7 Å². The van der Waals surface area contributed by atoms with Crippen LogP contribution in [-0.4, -0.2) is 9.61 Å². The van der Waals surface area contributed by atoms with Gasteiger partial charge in [-0.05, 0) is 52.3 Å². The molecule has 2 aromatic heterocycles. The van der Waals surface area contributed by atoms with Crippen LogP contribution in [0.1, 0.15) is 12.0 Å². The smallest absolute Gasteiger partial charge is 0.239 e. The Hall–Kier alpha value is -1.82. The summed E-state index contributed by atoms with van der Waals surface area (Å²) in [5, 5.41) is 4.21. The molecule has 1 aromatic carbocycles. The van der Waals surface area contributed by atoms with Gasteiger partial charge < -0.3 is 0 Å². The molecule has 2 nitrogen and oxygen atoms in total. The maximum atomic E-state index is 13.3. The van der Waals surface area contributed by atoms with Gasteiger partial charge in [0.25, 0.3) is 6.43 Å². The van der Waals surface area contributed by atoms with Gasteiger partial charge in [0.2, 0.25) is 0 Å². The van der Waals surface area contributed by atoms with Gasteiger partial charge in [0.1, 0.15) is 5.82 Å². The zero-order chi connectivity index (χ0) is 14.3. The van der Waals surface area contributed by atoms with Crippen molar-refractivity contribution in [2.24, 2.45) is 0 Å². The average Bonchev–Trinajstić information content (AvgIpc) is 2.81. The largest absolute Gasteiger partial charge is 0.264 e. The first-order valence-electron chi connectivity index (χ1n) is 5.77. The number of nitrogens with zero attached hydrogens (tertiary/aromatic N) is 2. The highest BCUT2D eigenvalue weighted by Crippen LogP contribution is 2.31. The van der Waals surface area contributed by atoms with Crippen molar-refractivity contribution in [2.45, 2.75) is 6.43 Å². The second-order valence-electron chi connectivity index (χ2n) is 4.28. The fraction of sp³-hybridized carbons (Fsp3) is 0.0714. The van der Waals surface area contributed by atoms with Crippen molar-refractivity contribution in [2.75, 3.05) is 0 Å². The third-order valence-corrected chi connectivity index (χ3v) is 3.42. The van der Waals surface area contributed by atoms with E-state index in [1.54, 1.807) is 22.8 Å². The summed E-state index contributed by atoms with van der Waals surface area (Å²) in [6.07, 6.45) is -0.970. The zero-order valence-electron chi connectivity index (χ0n) is 10.0. The Kier molecular flexibility index (Phi) is 3.25. The van der Waals surface area contributed by atoms with Gasteiger partial charge in [-0.15, -0.1) is 0 Å². The molecule has 0 aliphatic carbocycles. The van der Waals surface area contributed by atoms with Gasteiger partial charge in [0.05, 0.1) is 11.2 Å². The van der Waals surface area contributed by atoms with Crippen LogP contribution in [0.25, 0.3) is 16.8 Å². The van der Waals surface area contributed by atoms with Crippen LogP contribution < -0.4 is 0 Å². The second kappa shape index (κ2) is 4.94. The quantitative estimate of drug-likeness (QED) is 0.652. The summed E-state index contributed by atoms with van der Waals surface area (Å²) >= 11 is 3.31. The fourth-order valence-electron chi connectivity index (χ4n) is 2.03. The zero-order valence-corrected chi connectivity index (χ0v) is 11.6. The summed E-state index contributed by atoms with van der Waals surface area (Å²) in [6, 6.07) is 8.46. The molecule has 3 rings (SSSR count). The van der Waals surface area contributed by atoms with E-state index in [4.69, 9.17) is 0 Å². The molecule has 0 fully saturated rings. The summed E-state index contributed by atoms with van der Waals surface area (Å²) < 4.78 is 41.7. The number of benzene rings is 1. The summed E-state index contributed by atoms with van der Waals surface area (Å²) in [4.78, 5) is 0. The Morgan fingerprint density at radius 3 is 2.65 bits per heavy atom. The van der Waals surface area contributed by atoms with Crippen LogP contribution in [0, 0.1) is 5.82 Å². The van der Waals surface area contributed by atoms with E-state index in [9.17, 15) is 13.2 Å². The second-order valence-corrected chi connectivity index (χ2v) is 5.19. The Morgan fingerprint density at radius 2 is 1.90 bits per heavy atom. The molecule has 0 bridgehead atoms. The minimum atomic E-state index is -2.68. The van der Waals surface area contributed by atoms with Crippen LogP contribution in [0.2, 0.25) is 0 Å². The molecule has 0 radical (unpaired) electrons. The predicted molar refractivity (Wildman–Crippen MR) is 73.2 cm³/mol. The van der Waals surface area contributed by atoms with Crippen molar-refractivity contribution in [3.8, 4) is 11.3 Å². The van der Waals surface area contributed by atoms with Crippen LogP contribution in [0.15, 0.2) is 47.1 Å². The van der Waals surface area contributed by atoms with E-state index in [-0.39, 0.29) is 11.1 Å². The first-order chi connectivity index (χ1) is 9.54. The molecule has 20 heavy (non-hydrogen) atoms. The van der Waals surface area contributed by atoms with Crippen molar-refractivity contribution in [3.05, 3.63) is 58.4 Å². The Bertz CT molecular complexity index is 783. The fourth-order valence-corrected chi connectivity index (χ4v) is 2.36. The van der Waals surface area contributed by atoms with Crippen LogP contribution in [0.3, 0.4) is 0 Å². The molecule has 102 valence electrons. The maximum Gasteiger partial charge on any atom is 0.264 e. The highest BCUT2D eigenvalue weighted by molar-refractivity contribution is 9.10. The minimum Gasteiger partial charge on any atom is -0.239 e. The number of hydrogen-bond acceptors (Lipinski definition) is 1. The van der Waals surface area contributed by atoms with Crippen molar-refractivity contribution in [1.82, 2.24) is 9.61 Å². The van der Waals surface area contributed by atoms with E-state index in [1.165, 1.54) is 0 Å². The lowest BCUT2D eigenvalue weighted by atomic mass is 10.0. The summed E-state index contributed by atoms with van der Waals surface area (Å²) in [7, 11) is 0. The van der Waals surface area contributed by atoms with Crippen molar-refractivity contribution in [3.63, 3.8) is 0 Å². The number of hydrogen-bond donors (Lipinski definition) is 0. The first-order valence-corrected chi connectivity index (χ1v) is 6.57. The minimum absolute atomic E-state index is 0.111. The van der Waals surface area contributed by atoms with Crippen molar-refractivity contribution in [1.29, 1.82) is 0 Å². The summed E-state index contributed by atoms with van der Waals surface area (Å²) in [5.74, 6) is -0.567. The monoisotopic (exact) mass is 340 g/mol. The number of alkyl halides is 2. The number of fused-ring (bicyclic) bond motifs is 1. The third kappa shape index (κ3) is 2.31. The van der Waals surface area contributed by atoms with Gasteiger partial charge in [-0.3, -0.25) is 0 Å². The van der Waals surface area contributed by atoms with Gasteiger partial charge in [0.15, 0.2) is 0 Å². The Labute approximate surface area is 121 Å². The molecule has 0 spiro atoms. The van der Waals surface area contributed by atoms with E-state index in [0.717, 1.165) is 28.2 Å². The number of halogens is 4. The Morgan fingerprint density at radius 1 is 1.10 bits per heavy atom. The highest BCUT2D eigenvalue weighted by atomic mass is 79.9. The number of pyridine rings is 1. The number of aromatic nitrogens is 2. The molecule has 0 saturated heterocycles. The molecule has 0 aliphatic heterocycles. The lowest BCUT2D eigenvalue weighted by molar-refractivity contribution is 0.152. The average molecular weight is 341 g/mol. The van der Waals surface area contributed by atoms with Crippen LogP contribution in [-0.2, 0) is 0 Å². The lowest BCUT2D eigenvalue weighted by Gasteiger charge is -2.06. The summed E-state index contributed by atoms with van der Waals surface area (Å²) in [5.41, 5.74) is 0.944. The molecule has 0 aliphatic rings.